The molecule has 0 aromatic heterocycles. The molecule has 2 N–H and O–H groups in total. The standard InChI is InChI=1S/C17H25N3O2/c1-2-10-18-16(21)15-12-8-9-14(11-12)20(15)17(22)19-13-6-4-3-5-7-13/h1,12-15H,3-11H2,(H,18,21)(H,19,22). The summed E-state index contributed by atoms with van der Waals surface area (Å²) in [5, 5.41) is 5.90. The van der Waals surface area contributed by atoms with Crippen molar-refractivity contribution in [1.82, 2.24) is 15.5 Å². The first-order valence-electron chi connectivity index (χ1n) is 8.50. The molecule has 2 saturated carbocycles. The Morgan fingerprint density at radius 3 is 2.64 bits per heavy atom. The fourth-order valence-corrected chi connectivity index (χ4v) is 4.36. The van der Waals surface area contributed by atoms with Gasteiger partial charge in [-0.15, -0.1) is 6.42 Å². The Morgan fingerprint density at radius 2 is 1.91 bits per heavy atom. The van der Waals surface area contributed by atoms with Crippen molar-refractivity contribution in [3.8, 4) is 12.3 Å². The van der Waals surface area contributed by atoms with Gasteiger partial charge in [-0.2, -0.15) is 0 Å². The van der Waals surface area contributed by atoms with Crippen LogP contribution in [0.15, 0.2) is 0 Å². The number of nitrogens with zero attached hydrogens (tertiary/aromatic N) is 1. The Bertz CT molecular complexity index is 479. The van der Waals surface area contributed by atoms with Crippen molar-refractivity contribution in [3.05, 3.63) is 0 Å². The van der Waals surface area contributed by atoms with E-state index in [0.29, 0.717) is 5.92 Å². The minimum atomic E-state index is -0.337. The second-order valence-electron chi connectivity index (χ2n) is 6.79. The number of nitrogens with one attached hydrogen (secondary N) is 2. The van der Waals surface area contributed by atoms with Crippen LogP contribution in [0.4, 0.5) is 4.79 Å². The Morgan fingerprint density at radius 1 is 1.14 bits per heavy atom. The van der Waals surface area contributed by atoms with Crippen LogP contribution in [0.1, 0.15) is 51.4 Å². The number of amides is 3. The van der Waals surface area contributed by atoms with Crippen LogP contribution in [0.25, 0.3) is 0 Å². The number of carbonyl (C=O) groups excluding carboxylic acids is 2. The fourth-order valence-electron chi connectivity index (χ4n) is 4.36. The van der Waals surface area contributed by atoms with Crippen molar-refractivity contribution >= 4 is 11.9 Å². The molecule has 3 aliphatic rings. The lowest BCUT2D eigenvalue weighted by Gasteiger charge is -2.36. The van der Waals surface area contributed by atoms with Crippen molar-refractivity contribution in [2.45, 2.75) is 69.5 Å². The smallest absolute Gasteiger partial charge is 0.318 e. The summed E-state index contributed by atoms with van der Waals surface area (Å²) in [5.74, 6) is 2.62. The van der Waals surface area contributed by atoms with E-state index in [1.54, 1.807) is 4.90 Å². The zero-order valence-electron chi connectivity index (χ0n) is 13.0. The quantitative estimate of drug-likeness (QED) is 0.779. The van der Waals surface area contributed by atoms with Crippen molar-refractivity contribution in [1.29, 1.82) is 0 Å². The third-order valence-corrected chi connectivity index (χ3v) is 5.39. The van der Waals surface area contributed by atoms with Gasteiger partial charge in [0.1, 0.15) is 6.04 Å². The van der Waals surface area contributed by atoms with Gasteiger partial charge in [-0.3, -0.25) is 4.79 Å². The molecule has 0 spiro atoms. The molecule has 3 amide bonds. The van der Waals surface area contributed by atoms with Crippen LogP contribution in [0.3, 0.4) is 0 Å². The Labute approximate surface area is 132 Å². The first kappa shape index (κ1) is 15.2. The van der Waals surface area contributed by atoms with Gasteiger partial charge >= 0.3 is 6.03 Å². The molecule has 5 nitrogen and oxygen atoms in total. The lowest BCUT2D eigenvalue weighted by Crippen LogP contribution is -2.57. The monoisotopic (exact) mass is 303 g/mol. The molecule has 0 radical (unpaired) electrons. The zero-order chi connectivity index (χ0) is 15.5. The van der Waals surface area contributed by atoms with E-state index in [4.69, 9.17) is 6.42 Å². The number of carbonyl (C=O) groups is 2. The summed E-state index contributed by atoms with van der Waals surface area (Å²) in [6.45, 7) is 0.227. The molecular weight excluding hydrogens is 278 g/mol. The number of fused-ring (bicyclic) bond motifs is 2. The maximum Gasteiger partial charge on any atom is 0.318 e. The van der Waals surface area contributed by atoms with E-state index in [2.05, 4.69) is 16.6 Å². The normalized spacial score (nSPS) is 30.9. The van der Waals surface area contributed by atoms with Crippen LogP contribution in [0.2, 0.25) is 0 Å². The highest BCUT2D eigenvalue weighted by molar-refractivity contribution is 5.88. The highest BCUT2D eigenvalue weighted by atomic mass is 16.2. The molecular formula is C17H25N3O2. The van der Waals surface area contributed by atoms with Gasteiger partial charge in [0, 0.05) is 12.1 Å². The molecule has 3 fully saturated rings. The average Bonchev–Trinajstić information content (AvgIpc) is 3.14. The van der Waals surface area contributed by atoms with Crippen LogP contribution in [-0.2, 0) is 4.79 Å². The number of terminal acetylenes is 1. The minimum absolute atomic E-state index is 0.0556. The highest BCUT2D eigenvalue weighted by Gasteiger charge is 2.51. The molecule has 0 aromatic rings. The maximum absolute atomic E-state index is 12.7. The van der Waals surface area contributed by atoms with Crippen molar-refractivity contribution in [3.63, 3.8) is 0 Å². The van der Waals surface area contributed by atoms with Crippen LogP contribution in [0.5, 0.6) is 0 Å². The van der Waals surface area contributed by atoms with Crippen LogP contribution in [-0.4, -0.2) is 41.5 Å². The predicted molar refractivity (Wildman–Crippen MR) is 84.0 cm³/mol. The van der Waals surface area contributed by atoms with E-state index in [1.807, 2.05) is 0 Å². The van der Waals surface area contributed by atoms with Gasteiger partial charge in [0.15, 0.2) is 0 Å². The number of urea groups is 1. The summed E-state index contributed by atoms with van der Waals surface area (Å²) in [5.41, 5.74) is 0. The Balaban J connectivity index is 1.65. The molecule has 3 unspecified atom stereocenters. The molecule has 3 rings (SSSR count). The lowest BCUT2D eigenvalue weighted by atomic mass is 9.95. The van der Waals surface area contributed by atoms with Gasteiger partial charge in [-0.05, 0) is 38.0 Å². The fraction of sp³-hybridized carbons (Fsp3) is 0.765. The summed E-state index contributed by atoms with van der Waals surface area (Å²) >= 11 is 0. The summed E-state index contributed by atoms with van der Waals surface area (Å²) in [6.07, 6.45) is 14.0. The third kappa shape index (κ3) is 2.92. The number of piperidine rings is 1. The van der Waals surface area contributed by atoms with Gasteiger partial charge in [0.2, 0.25) is 5.91 Å². The van der Waals surface area contributed by atoms with Crippen LogP contribution in [0, 0.1) is 18.3 Å². The van der Waals surface area contributed by atoms with Crippen molar-refractivity contribution in [2.75, 3.05) is 6.54 Å². The van der Waals surface area contributed by atoms with E-state index < -0.39 is 0 Å². The molecule has 120 valence electrons. The molecule has 1 saturated heterocycles. The van der Waals surface area contributed by atoms with E-state index in [9.17, 15) is 9.59 Å². The number of hydrogen-bond acceptors (Lipinski definition) is 2. The van der Waals surface area contributed by atoms with Gasteiger partial charge in [0.05, 0.1) is 6.54 Å². The second kappa shape index (κ2) is 6.60. The first-order valence-corrected chi connectivity index (χ1v) is 8.50. The maximum atomic E-state index is 12.7. The molecule has 1 heterocycles. The SMILES string of the molecule is C#CCNC(=O)C1C2CCC(C2)N1C(=O)NC1CCCCC1. The number of hydrogen-bond donors (Lipinski definition) is 2. The van der Waals surface area contributed by atoms with Crippen LogP contribution < -0.4 is 10.6 Å². The molecule has 22 heavy (non-hydrogen) atoms. The second-order valence-corrected chi connectivity index (χ2v) is 6.79. The Hall–Kier alpha value is -1.70. The molecule has 5 heteroatoms. The van der Waals surface area contributed by atoms with Gasteiger partial charge < -0.3 is 15.5 Å². The van der Waals surface area contributed by atoms with Crippen LogP contribution >= 0.6 is 0 Å². The molecule has 3 atom stereocenters. The topological polar surface area (TPSA) is 61.4 Å². The first-order chi connectivity index (χ1) is 10.7. The molecule has 2 bridgehead atoms. The number of likely N-dealkylation sites (tertiary alicyclic amines) is 1. The largest absolute Gasteiger partial charge is 0.343 e. The molecule has 2 aliphatic carbocycles. The predicted octanol–water partition coefficient (Wildman–Crippen LogP) is 1.63. The highest BCUT2D eigenvalue weighted by Crippen LogP contribution is 2.42. The van der Waals surface area contributed by atoms with E-state index in [-0.39, 0.29) is 36.6 Å². The summed E-state index contributed by atoms with van der Waals surface area (Å²) in [7, 11) is 0. The molecule has 0 aromatic carbocycles. The van der Waals surface area contributed by atoms with Crippen molar-refractivity contribution < 1.29 is 9.59 Å². The van der Waals surface area contributed by atoms with Gasteiger partial charge in [0.25, 0.3) is 0 Å². The number of rotatable bonds is 3. The van der Waals surface area contributed by atoms with Gasteiger partial charge in [-0.25, -0.2) is 4.79 Å². The summed E-state index contributed by atoms with van der Waals surface area (Å²) in [4.78, 5) is 26.9. The van der Waals surface area contributed by atoms with Gasteiger partial charge in [-0.1, -0.05) is 25.2 Å². The Kier molecular flexibility index (Phi) is 4.56. The molecule has 1 aliphatic heterocycles. The van der Waals surface area contributed by atoms with E-state index in [0.717, 1.165) is 32.1 Å². The lowest BCUT2D eigenvalue weighted by molar-refractivity contribution is -0.126. The summed E-state index contributed by atoms with van der Waals surface area (Å²) < 4.78 is 0. The minimum Gasteiger partial charge on any atom is -0.343 e. The average molecular weight is 303 g/mol. The van der Waals surface area contributed by atoms with E-state index in [1.165, 1.54) is 19.3 Å². The van der Waals surface area contributed by atoms with E-state index >= 15 is 0 Å². The third-order valence-electron chi connectivity index (χ3n) is 5.39. The summed E-state index contributed by atoms with van der Waals surface area (Å²) in [6, 6.07) is 0.0978. The zero-order valence-corrected chi connectivity index (χ0v) is 13.0. The van der Waals surface area contributed by atoms with Crippen molar-refractivity contribution in [2.24, 2.45) is 5.92 Å².